The second-order valence-electron chi connectivity index (χ2n) is 8.63. The molecule has 5 rings (SSSR count). The largest absolute Gasteiger partial charge is 0.486 e. The molecule has 0 atom stereocenters. The van der Waals surface area contributed by atoms with Gasteiger partial charge in [0.2, 0.25) is 15.9 Å². The third kappa shape index (κ3) is 4.56. The van der Waals surface area contributed by atoms with Crippen molar-refractivity contribution in [1.82, 2.24) is 19.3 Å². The van der Waals surface area contributed by atoms with Crippen LogP contribution >= 0.6 is 0 Å². The molecule has 0 spiro atoms. The van der Waals surface area contributed by atoms with Gasteiger partial charge in [0, 0.05) is 38.5 Å². The zero-order valence-corrected chi connectivity index (χ0v) is 18.5. The molecule has 0 radical (unpaired) electrons. The van der Waals surface area contributed by atoms with Crippen LogP contribution in [0.2, 0.25) is 0 Å². The predicted molar refractivity (Wildman–Crippen MR) is 113 cm³/mol. The van der Waals surface area contributed by atoms with Crippen molar-refractivity contribution in [1.29, 1.82) is 0 Å². The van der Waals surface area contributed by atoms with Crippen LogP contribution in [0, 0.1) is 0 Å². The average molecular weight is 449 g/mol. The van der Waals surface area contributed by atoms with Crippen molar-refractivity contribution in [3.05, 3.63) is 35.5 Å². The Morgan fingerprint density at radius 2 is 1.94 bits per heavy atom. The van der Waals surface area contributed by atoms with Crippen LogP contribution in [0.5, 0.6) is 11.5 Å². The van der Waals surface area contributed by atoms with Crippen LogP contribution < -0.4 is 9.47 Å². The molecule has 31 heavy (non-hydrogen) atoms. The summed E-state index contributed by atoms with van der Waals surface area (Å²) in [6.45, 7) is 3.65. The Bertz CT molecular complexity index is 1030. The van der Waals surface area contributed by atoms with E-state index in [9.17, 15) is 8.42 Å². The number of ether oxygens (including phenoxy) is 2. The molecule has 2 fully saturated rings. The van der Waals surface area contributed by atoms with Crippen molar-refractivity contribution in [2.45, 2.75) is 44.2 Å². The predicted octanol–water partition coefficient (Wildman–Crippen LogP) is 1.80. The van der Waals surface area contributed by atoms with E-state index in [1.807, 2.05) is 18.2 Å². The first-order chi connectivity index (χ1) is 15.0. The molecule has 10 heteroatoms. The molecule has 1 aromatic heterocycles. The van der Waals surface area contributed by atoms with Gasteiger partial charge in [-0.05, 0) is 30.5 Å². The zero-order chi connectivity index (χ0) is 21.4. The molecule has 0 amide bonds. The number of likely N-dealkylation sites (tertiary alicyclic amines) is 1. The molecule has 3 heterocycles. The van der Waals surface area contributed by atoms with Gasteiger partial charge in [-0.25, -0.2) is 8.42 Å². The van der Waals surface area contributed by atoms with E-state index in [1.165, 1.54) is 12.7 Å². The van der Waals surface area contributed by atoms with Crippen molar-refractivity contribution in [3.63, 3.8) is 0 Å². The van der Waals surface area contributed by atoms with Crippen LogP contribution in [-0.4, -0.2) is 72.9 Å². The summed E-state index contributed by atoms with van der Waals surface area (Å²) >= 11 is 0. The summed E-state index contributed by atoms with van der Waals surface area (Å²) < 4.78 is 42.9. The van der Waals surface area contributed by atoms with Gasteiger partial charge in [0.15, 0.2) is 17.3 Å². The fraction of sp³-hybridized carbons (Fsp3) is 0.619. The van der Waals surface area contributed by atoms with Crippen molar-refractivity contribution in [2.24, 2.45) is 0 Å². The van der Waals surface area contributed by atoms with Gasteiger partial charge >= 0.3 is 0 Å². The monoisotopic (exact) mass is 448 g/mol. The molecular formula is C21H28N4O5S. The number of fused-ring (bicyclic) bond motifs is 1. The Morgan fingerprint density at radius 1 is 1.16 bits per heavy atom. The van der Waals surface area contributed by atoms with Gasteiger partial charge < -0.3 is 14.0 Å². The Balaban J connectivity index is 1.16. The fourth-order valence-electron chi connectivity index (χ4n) is 4.32. The second-order valence-corrected chi connectivity index (χ2v) is 10.6. The highest BCUT2D eigenvalue weighted by molar-refractivity contribution is 7.88. The minimum atomic E-state index is -3.32. The Morgan fingerprint density at radius 3 is 2.65 bits per heavy atom. The highest BCUT2D eigenvalue weighted by atomic mass is 32.2. The molecule has 168 valence electrons. The van der Waals surface area contributed by atoms with Gasteiger partial charge in [-0.2, -0.15) is 9.29 Å². The average Bonchev–Trinajstić information content (AvgIpc) is 3.11. The summed E-state index contributed by atoms with van der Waals surface area (Å²) in [4.78, 5) is 6.70. The van der Waals surface area contributed by atoms with E-state index in [0.717, 1.165) is 36.4 Å². The Labute approximate surface area is 182 Å². The number of aromatic nitrogens is 2. The molecular weight excluding hydrogens is 420 g/mol. The van der Waals surface area contributed by atoms with E-state index in [0.29, 0.717) is 56.9 Å². The highest BCUT2D eigenvalue weighted by Gasteiger charge is 2.36. The lowest BCUT2D eigenvalue weighted by atomic mass is 9.85. The minimum Gasteiger partial charge on any atom is -0.486 e. The lowest BCUT2D eigenvalue weighted by Gasteiger charge is -2.44. The van der Waals surface area contributed by atoms with E-state index in [-0.39, 0.29) is 6.04 Å². The highest BCUT2D eigenvalue weighted by Crippen LogP contribution is 2.35. The quantitative estimate of drug-likeness (QED) is 0.603. The van der Waals surface area contributed by atoms with Crippen LogP contribution in [0.3, 0.4) is 0 Å². The van der Waals surface area contributed by atoms with Crippen LogP contribution in [0.25, 0.3) is 0 Å². The normalized spacial score (nSPS) is 19.9. The van der Waals surface area contributed by atoms with Crippen LogP contribution in [0.1, 0.15) is 42.5 Å². The van der Waals surface area contributed by atoms with Crippen molar-refractivity contribution in [3.8, 4) is 11.5 Å². The summed E-state index contributed by atoms with van der Waals surface area (Å²) in [5.41, 5.74) is 1.13. The van der Waals surface area contributed by atoms with Gasteiger partial charge in [-0.3, -0.25) is 4.90 Å². The number of sulfonamides is 1. The lowest BCUT2D eigenvalue weighted by molar-refractivity contribution is 0.0729. The van der Waals surface area contributed by atoms with E-state index in [1.54, 1.807) is 4.31 Å². The maximum Gasteiger partial charge on any atom is 0.229 e. The summed E-state index contributed by atoms with van der Waals surface area (Å²) in [5, 5.41) is 4.04. The molecule has 2 aromatic rings. The molecule has 0 bridgehead atoms. The summed E-state index contributed by atoms with van der Waals surface area (Å²) in [6, 6.07) is 5.94. The van der Waals surface area contributed by atoms with Crippen molar-refractivity contribution >= 4 is 10.0 Å². The van der Waals surface area contributed by atoms with Gasteiger partial charge in [0.25, 0.3) is 0 Å². The molecule has 3 aliphatic rings. The summed E-state index contributed by atoms with van der Waals surface area (Å²) in [7, 11) is -3.32. The number of rotatable bonds is 8. The molecule has 1 aromatic carbocycles. The van der Waals surface area contributed by atoms with Gasteiger partial charge in [-0.15, -0.1) is 0 Å². The van der Waals surface area contributed by atoms with Gasteiger partial charge in [0.1, 0.15) is 13.2 Å². The topological polar surface area (TPSA) is 98.0 Å². The van der Waals surface area contributed by atoms with Crippen LogP contribution in [0.4, 0.5) is 0 Å². The second kappa shape index (κ2) is 8.40. The third-order valence-corrected chi connectivity index (χ3v) is 7.61. The molecule has 0 unspecified atom stereocenters. The molecule has 1 saturated heterocycles. The SMILES string of the molecule is CS(=O)(=O)N(CCc1noc(C2CCC2)n1)C1CN(Cc2ccc3c(c2)OCCO3)C1. The molecule has 1 saturated carbocycles. The number of benzene rings is 1. The summed E-state index contributed by atoms with van der Waals surface area (Å²) in [5.74, 6) is 3.22. The summed E-state index contributed by atoms with van der Waals surface area (Å²) in [6.07, 6.45) is 5.12. The van der Waals surface area contributed by atoms with E-state index in [2.05, 4.69) is 15.0 Å². The zero-order valence-electron chi connectivity index (χ0n) is 17.7. The standard InChI is InChI=1S/C21H28N4O5S/c1-31(26,27)25(8-7-20-22-21(30-23-20)16-3-2-4-16)17-13-24(14-17)12-15-5-6-18-19(11-15)29-10-9-28-18/h5-6,11,16-17H,2-4,7-10,12-14H2,1H3. The van der Waals surface area contributed by atoms with E-state index < -0.39 is 10.0 Å². The number of hydrogen-bond acceptors (Lipinski definition) is 8. The van der Waals surface area contributed by atoms with Gasteiger partial charge in [0.05, 0.1) is 12.3 Å². The van der Waals surface area contributed by atoms with Gasteiger partial charge in [-0.1, -0.05) is 17.6 Å². The van der Waals surface area contributed by atoms with E-state index >= 15 is 0 Å². The Kier molecular flexibility index (Phi) is 5.61. The van der Waals surface area contributed by atoms with E-state index in [4.69, 9.17) is 14.0 Å². The smallest absolute Gasteiger partial charge is 0.229 e. The van der Waals surface area contributed by atoms with Crippen molar-refractivity contribution < 1.29 is 22.4 Å². The molecule has 9 nitrogen and oxygen atoms in total. The molecule has 1 aliphatic carbocycles. The third-order valence-electron chi connectivity index (χ3n) is 6.28. The molecule has 0 N–H and O–H groups in total. The maximum absolute atomic E-state index is 12.4. The van der Waals surface area contributed by atoms with Crippen molar-refractivity contribution in [2.75, 3.05) is 39.1 Å². The molecule has 2 aliphatic heterocycles. The first-order valence-corrected chi connectivity index (χ1v) is 12.7. The number of nitrogens with zero attached hydrogens (tertiary/aromatic N) is 4. The van der Waals surface area contributed by atoms with Crippen LogP contribution in [0.15, 0.2) is 22.7 Å². The maximum atomic E-state index is 12.4. The van der Waals surface area contributed by atoms with Crippen LogP contribution in [-0.2, 0) is 23.0 Å². The fourth-order valence-corrected chi connectivity index (χ4v) is 5.42. The number of hydrogen-bond donors (Lipinski definition) is 0. The minimum absolute atomic E-state index is 0.0368. The lowest BCUT2D eigenvalue weighted by Crippen LogP contribution is -2.60. The Hall–Kier alpha value is -2.17. The first-order valence-electron chi connectivity index (χ1n) is 10.9. The first kappa shape index (κ1) is 20.7.